The fraction of sp³-hybridized carbons (Fsp3) is 0.429. The molecular formula is C14H16BrNO4. The molecule has 0 spiro atoms. The molecule has 1 N–H and O–H groups in total. The summed E-state index contributed by atoms with van der Waals surface area (Å²) >= 11 is 3.23. The van der Waals surface area contributed by atoms with E-state index in [0.29, 0.717) is 17.4 Å². The number of amides is 1. The molecule has 2 rings (SSSR count). The first-order valence-corrected chi connectivity index (χ1v) is 7.21. The Labute approximate surface area is 125 Å². The van der Waals surface area contributed by atoms with Crippen LogP contribution in [0.3, 0.4) is 0 Å². The third kappa shape index (κ3) is 2.95. The van der Waals surface area contributed by atoms with Gasteiger partial charge < -0.3 is 14.7 Å². The van der Waals surface area contributed by atoms with Crippen molar-refractivity contribution in [3.05, 3.63) is 28.2 Å². The molecule has 20 heavy (non-hydrogen) atoms. The van der Waals surface area contributed by atoms with E-state index in [4.69, 9.17) is 4.74 Å². The summed E-state index contributed by atoms with van der Waals surface area (Å²) in [4.78, 5) is 25.8. The van der Waals surface area contributed by atoms with Gasteiger partial charge in [-0.2, -0.15) is 0 Å². The van der Waals surface area contributed by atoms with Crippen molar-refractivity contribution in [3.8, 4) is 5.75 Å². The zero-order chi connectivity index (χ0) is 14.7. The van der Waals surface area contributed by atoms with E-state index in [1.165, 1.54) is 18.1 Å². The second-order valence-corrected chi connectivity index (χ2v) is 5.61. The Morgan fingerprint density at radius 2 is 2.15 bits per heavy atom. The highest BCUT2D eigenvalue weighted by atomic mass is 79.9. The van der Waals surface area contributed by atoms with Gasteiger partial charge in [0.1, 0.15) is 11.8 Å². The molecule has 0 bridgehead atoms. The maximum Gasteiger partial charge on any atom is 0.328 e. The van der Waals surface area contributed by atoms with Gasteiger partial charge in [0.2, 0.25) is 0 Å². The van der Waals surface area contributed by atoms with Gasteiger partial charge in [0.25, 0.3) is 5.91 Å². The Hall–Kier alpha value is -1.56. The van der Waals surface area contributed by atoms with E-state index in [9.17, 15) is 14.7 Å². The van der Waals surface area contributed by atoms with Gasteiger partial charge in [-0.1, -0.05) is 15.9 Å². The molecule has 1 aromatic carbocycles. The van der Waals surface area contributed by atoms with Crippen molar-refractivity contribution in [2.75, 3.05) is 13.7 Å². The molecule has 1 aliphatic heterocycles. The van der Waals surface area contributed by atoms with Crippen LogP contribution in [0, 0.1) is 0 Å². The second kappa shape index (κ2) is 6.26. The number of methoxy groups -OCH3 is 1. The number of esters is 1. The molecular weight excluding hydrogens is 326 g/mol. The number of benzene rings is 1. The first kappa shape index (κ1) is 14.8. The molecule has 1 aromatic rings. The lowest BCUT2D eigenvalue weighted by Crippen LogP contribution is -2.48. The number of likely N-dealkylation sites (tertiary alicyclic amines) is 1. The number of carbonyl (C=O) groups is 2. The maximum atomic E-state index is 12.5. The first-order chi connectivity index (χ1) is 9.54. The zero-order valence-electron chi connectivity index (χ0n) is 11.1. The maximum absolute atomic E-state index is 12.5. The molecule has 1 saturated heterocycles. The molecule has 0 aromatic heterocycles. The number of nitrogens with zero attached hydrogens (tertiary/aromatic N) is 1. The van der Waals surface area contributed by atoms with Gasteiger partial charge in [0.05, 0.1) is 12.7 Å². The Kier molecular flexibility index (Phi) is 4.65. The molecule has 1 aliphatic rings. The summed E-state index contributed by atoms with van der Waals surface area (Å²) in [6, 6.07) is 4.13. The summed E-state index contributed by atoms with van der Waals surface area (Å²) in [5.74, 6) is -0.849. The molecule has 1 atom stereocenters. The average Bonchev–Trinajstić information content (AvgIpc) is 2.46. The number of phenols is 1. The van der Waals surface area contributed by atoms with E-state index in [1.54, 1.807) is 12.1 Å². The van der Waals surface area contributed by atoms with Crippen LogP contribution in [-0.4, -0.2) is 41.6 Å². The number of hydrogen-bond acceptors (Lipinski definition) is 4. The molecule has 0 unspecified atom stereocenters. The van der Waals surface area contributed by atoms with Crippen molar-refractivity contribution in [1.82, 2.24) is 4.90 Å². The number of phenolic OH excluding ortho intramolecular Hbond substituents is 1. The number of rotatable bonds is 2. The molecule has 0 aliphatic carbocycles. The quantitative estimate of drug-likeness (QED) is 0.838. The van der Waals surface area contributed by atoms with Gasteiger partial charge in [-0.05, 0) is 37.5 Å². The molecule has 108 valence electrons. The summed E-state index contributed by atoms with van der Waals surface area (Å²) in [5, 5.41) is 9.88. The Morgan fingerprint density at radius 3 is 2.80 bits per heavy atom. The van der Waals surface area contributed by atoms with Crippen LogP contribution < -0.4 is 0 Å². The van der Waals surface area contributed by atoms with Crippen LogP contribution in [0.1, 0.15) is 29.6 Å². The summed E-state index contributed by atoms with van der Waals surface area (Å²) in [6.07, 6.45) is 2.32. The summed E-state index contributed by atoms with van der Waals surface area (Å²) in [5.41, 5.74) is 0.198. The Balaban J connectivity index is 2.27. The van der Waals surface area contributed by atoms with Crippen LogP contribution in [0.15, 0.2) is 22.7 Å². The molecule has 6 heteroatoms. The fourth-order valence-electron chi connectivity index (χ4n) is 2.40. The van der Waals surface area contributed by atoms with Crippen molar-refractivity contribution >= 4 is 27.8 Å². The van der Waals surface area contributed by atoms with Crippen molar-refractivity contribution < 1.29 is 19.4 Å². The first-order valence-electron chi connectivity index (χ1n) is 6.42. The van der Waals surface area contributed by atoms with Gasteiger partial charge in [0.15, 0.2) is 0 Å². The fourth-order valence-corrected chi connectivity index (χ4v) is 2.75. The Bertz CT molecular complexity index is 532. The predicted molar refractivity (Wildman–Crippen MR) is 76.5 cm³/mol. The summed E-state index contributed by atoms with van der Waals surface area (Å²) < 4.78 is 5.44. The monoisotopic (exact) mass is 341 g/mol. The molecule has 5 nitrogen and oxygen atoms in total. The van der Waals surface area contributed by atoms with Crippen LogP contribution in [-0.2, 0) is 9.53 Å². The average molecular weight is 342 g/mol. The predicted octanol–water partition coefficient (Wildman–Crippen LogP) is 2.32. The van der Waals surface area contributed by atoms with E-state index >= 15 is 0 Å². The summed E-state index contributed by atoms with van der Waals surface area (Å²) in [7, 11) is 1.32. The number of ether oxygens (including phenoxy) is 1. The van der Waals surface area contributed by atoms with E-state index in [0.717, 1.165) is 12.8 Å². The van der Waals surface area contributed by atoms with Crippen molar-refractivity contribution in [1.29, 1.82) is 0 Å². The van der Waals surface area contributed by atoms with Crippen molar-refractivity contribution in [3.63, 3.8) is 0 Å². The topological polar surface area (TPSA) is 66.8 Å². The minimum absolute atomic E-state index is 0.0986. The smallest absolute Gasteiger partial charge is 0.328 e. The number of aromatic hydroxyl groups is 1. The number of piperidine rings is 1. The lowest BCUT2D eigenvalue weighted by atomic mass is 10.0. The lowest BCUT2D eigenvalue weighted by molar-refractivity contribution is -0.147. The highest BCUT2D eigenvalue weighted by molar-refractivity contribution is 9.10. The van der Waals surface area contributed by atoms with Gasteiger partial charge in [-0.3, -0.25) is 4.79 Å². The summed E-state index contributed by atoms with van der Waals surface area (Å²) in [6.45, 7) is 0.494. The minimum Gasteiger partial charge on any atom is -0.507 e. The molecule has 1 fully saturated rings. The van der Waals surface area contributed by atoms with Crippen molar-refractivity contribution in [2.24, 2.45) is 0 Å². The van der Waals surface area contributed by atoms with Gasteiger partial charge in [0, 0.05) is 11.0 Å². The number of halogens is 1. The zero-order valence-corrected chi connectivity index (χ0v) is 12.7. The van der Waals surface area contributed by atoms with E-state index in [-0.39, 0.29) is 17.2 Å². The SMILES string of the molecule is COC(=O)[C@H]1CCCCN1C(=O)c1ccc(Br)cc1O. The van der Waals surface area contributed by atoms with Crippen LogP contribution >= 0.6 is 15.9 Å². The highest BCUT2D eigenvalue weighted by Gasteiger charge is 2.34. The van der Waals surface area contributed by atoms with Crippen LogP contribution in [0.2, 0.25) is 0 Å². The van der Waals surface area contributed by atoms with Crippen LogP contribution in [0.25, 0.3) is 0 Å². The largest absolute Gasteiger partial charge is 0.507 e. The van der Waals surface area contributed by atoms with Crippen molar-refractivity contribution in [2.45, 2.75) is 25.3 Å². The molecule has 0 radical (unpaired) electrons. The standard InChI is InChI=1S/C14H16BrNO4/c1-20-14(19)11-4-2-3-7-16(11)13(18)10-6-5-9(15)8-12(10)17/h5-6,8,11,17H,2-4,7H2,1H3/t11-/m1/s1. The third-order valence-corrected chi connectivity index (χ3v) is 3.92. The molecule has 1 heterocycles. The highest BCUT2D eigenvalue weighted by Crippen LogP contribution is 2.27. The van der Waals surface area contributed by atoms with E-state index < -0.39 is 12.0 Å². The third-order valence-electron chi connectivity index (χ3n) is 3.43. The van der Waals surface area contributed by atoms with Gasteiger partial charge in [-0.15, -0.1) is 0 Å². The second-order valence-electron chi connectivity index (χ2n) is 4.69. The van der Waals surface area contributed by atoms with Gasteiger partial charge >= 0.3 is 5.97 Å². The van der Waals surface area contributed by atoms with Gasteiger partial charge in [-0.25, -0.2) is 4.79 Å². The van der Waals surface area contributed by atoms with E-state index in [2.05, 4.69) is 15.9 Å². The normalized spacial score (nSPS) is 18.7. The minimum atomic E-state index is -0.565. The Morgan fingerprint density at radius 1 is 1.40 bits per heavy atom. The van der Waals surface area contributed by atoms with Crippen LogP contribution in [0.5, 0.6) is 5.75 Å². The molecule has 1 amide bonds. The van der Waals surface area contributed by atoms with Crippen LogP contribution in [0.4, 0.5) is 0 Å². The molecule has 0 saturated carbocycles. The van der Waals surface area contributed by atoms with E-state index in [1.807, 2.05) is 0 Å². The lowest BCUT2D eigenvalue weighted by Gasteiger charge is -2.33. The number of hydrogen-bond donors (Lipinski definition) is 1. The number of carbonyl (C=O) groups excluding carboxylic acids is 2.